The van der Waals surface area contributed by atoms with Gasteiger partial charge < -0.3 is 15.2 Å². The number of carbonyl (C=O) groups is 2. The van der Waals surface area contributed by atoms with Gasteiger partial charge in [-0.05, 0) is 19.1 Å². The third-order valence-corrected chi connectivity index (χ3v) is 4.39. The Morgan fingerprint density at radius 1 is 1.19 bits per heavy atom. The minimum atomic E-state index is -4.38. The van der Waals surface area contributed by atoms with E-state index in [1.165, 1.54) is 19.2 Å². The summed E-state index contributed by atoms with van der Waals surface area (Å²) in [7, 11) is -3.02. The molecule has 3 N–H and O–H groups in total. The van der Waals surface area contributed by atoms with Crippen molar-refractivity contribution in [1.29, 1.82) is 0 Å². The van der Waals surface area contributed by atoms with Crippen molar-refractivity contribution in [2.45, 2.75) is 18.4 Å². The highest BCUT2D eigenvalue weighted by Gasteiger charge is 2.23. The maximum atomic E-state index is 12.2. The van der Waals surface area contributed by atoms with Gasteiger partial charge in [-0.2, -0.15) is 9.97 Å². The number of hydrogen-bond donors (Lipinski definition) is 3. The second-order valence-electron chi connectivity index (χ2n) is 4.88. The first-order valence-corrected chi connectivity index (χ1v) is 8.60. The largest absolute Gasteiger partial charge is 0.478 e. The van der Waals surface area contributed by atoms with Crippen LogP contribution in [0.15, 0.2) is 29.2 Å². The van der Waals surface area contributed by atoms with Crippen molar-refractivity contribution in [3.63, 3.8) is 0 Å². The third kappa shape index (κ3) is 4.63. The Balaban J connectivity index is 2.10. The van der Waals surface area contributed by atoms with Gasteiger partial charge in [-0.1, -0.05) is 12.1 Å². The quantitative estimate of drug-likeness (QED) is 0.629. The molecule has 2 amide bonds. The summed E-state index contributed by atoms with van der Waals surface area (Å²) in [6, 6.07) is 3.91. The second-order valence-corrected chi connectivity index (χ2v) is 6.53. The lowest BCUT2D eigenvalue weighted by Gasteiger charge is -2.10. The average molecular weight is 381 g/mol. The molecule has 1 heterocycles. The molecule has 0 fully saturated rings. The molecule has 2 aromatic rings. The molecule has 0 aliphatic carbocycles. The van der Waals surface area contributed by atoms with Gasteiger partial charge in [0.15, 0.2) is 5.82 Å². The van der Waals surface area contributed by atoms with E-state index < -0.39 is 32.5 Å². The first kappa shape index (κ1) is 19.1. The first-order valence-electron chi connectivity index (χ1n) is 7.11. The molecule has 11 nitrogen and oxygen atoms in total. The fraction of sp³-hybridized carbons (Fsp3) is 0.214. The smallest absolute Gasteiger partial charge is 0.337 e. The number of aryl methyl sites for hydroxylation is 1. The van der Waals surface area contributed by atoms with Crippen LogP contribution in [-0.4, -0.2) is 47.6 Å². The summed E-state index contributed by atoms with van der Waals surface area (Å²) in [6.45, 7) is 1.41. The van der Waals surface area contributed by atoms with E-state index in [2.05, 4.69) is 20.3 Å². The minimum absolute atomic E-state index is 0.0534. The Morgan fingerprint density at radius 2 is 1.88 bits per heavy atom. The number of hydrogen-bond acceptors (Lipinski definition) is 8. The zero-order valence-electron chi connectivity index (χ0n) is 13.8. The number of ether oxygens (including phenoxy) is 1. The normalized spacial score (nSPS) is 10.8. The van der Waals surface area contributed by atoms with E-state index in [-0.39, 0.29) is 18.4 Å². The van der Waals surface area contributed by atoms with Crippen LogP contribution in [0.25, 0.3) is 0 Å². The number of rotatable bonds is 6. The maximum absolute atomic E-state index is 12.2. The van der Waals surface area contributed by atoms with Crippen LogP contribution < -0.4 is 14.8 Å². The number of aromatic nitrogens is 3. The Morgan fingerprint density at radius 3 is 2.54 bits per heavy atom. The van der Waals surface area contributed by atoms with E-state index in [1.807, 2.05) is 0 Å². The van der Waals surface area contributed by atoms with Crippen LogP contribution in [-0.2, 0) is 16.6 Å². The zero-order valence-corrected chi connectivity index (χ0v) is 14.6. The molecule has 0 spiro atoms. The molecule has 0 radical (unpaired) electrons. The molecule has 1 aromatic carbocycles. The average Bonchev–Trinajstić information content (AvgIpc) is 2.59. The fourth-order valence-corrected chi connectivity index (χ4v) is 3.06. The zero-order chi connectivity index (χ0) is 19.3. The Bertz CT molecular complexity index is 947. The number of benzene rings is 1. The van der Waals surface area contributed by atoms with Crippen molar-refractivity contribution in [1.82, 2.24) is 25.0 Å². The molecule has 0 aliphatic rings. The molecular formula is C14H15N5O6S. The van der Waals surface area contributed by atoms with Crippen LogP contribution in [0.2, 0.25) is 0 Å². The molecule has 12 heteroatoms. The standard InChI is InChI=1S/C14H15N5O6S/c1-8-16-11(18-14(17-8)25-2)7-15-13(22)19-26(23,24)10-6-4-3-5-9(10)12(20)21/h3-6H,7H2,1-2H3,(H,20,21)(H2,15,19,22). The van der Waals surface area contributed by atoms with Crippen LogP contribution in [0, 0.1) is 6.92 Å². The Hall–Kier alpha value is -3.28. The molecule has 0 saturated carbocycles. The van der Waals surface area contributed by atoms with Crippen LogP contribution in [0.4, 0.5) is 4.79 Å². The summed E-state index contributed by atoms with van der Waals surface area (Å²) in [6.07, 6.45) is 0. The molecule has 0 unspecified atom stereocenters. The monoisotopic (exact) mass is 381 g/mol. The van der Waals surface area contributed by atoms with Gasteiger partial charge in [0.1, 0.15) is 10.7 Å². The summed E-state index contributed by atoms with van der Waals surface area (Å²) in [4.78, 5) is 34.2. The highest BCUT2D eigenvalue weighted by Crippen LogP contribution is 2.15. The van der Waals surface area contributed by atoms with E-state index in [9.17, 15) is 18.0 Å². The summed E-state index contributed by atoms with van der Waals surface area (Å²) in [5, 5.41) is 11.3. The van der Waals surface area contributed by atoms with Gasteiger partial charge in [0, 0.05) is 0 Å². The Labute approximate surface area is 148 Å². The number of nitrogens with zero attached hydrogens (tertiary/aromatic N) is 3. The number of amides is 2. The van der Waals surface area contributed by atoms with E-state index >= 15 is 0 Å². The SMILES string of the molecule is COc1nc(C)nc(CNC(=O)NS(=O)(=O)c2ccccc2C(=O)O)n1. The predicted octanol–water partition coefficient (Wildman–Crippen LogP) is 0.0749. The first-order chi connectivity index (χ1) is 12.2. The molecular weight excluding hydrogens is 366 g/mol. The number of sulfonamides is 1. The lowest BCUT2D eigenvalue weighted by Crippen LogP contribution is -2.39. The number of aromatic carboxylic acids is 1. The van der Waals surface area contributed by atoms with Crippen LogP contribution in [0.5, 0.6) is 6.01 Å². The van der Waals surface area contributed by atoms with E-state index in [1.54, 1.807) is 11.6 Å². The van der Waals surface area contributed by atoms with Crippen LogP contribution >= 0.6 is 0 Å². The van der Waals surface area contributed by atoms with Gasteiger partial charge >= 0.3 is 18.0 Å². The van der Waals surface area contributed by atoms with E-state index in [0.717, 1.165) is 12.1 Å². The summed E-state index contributed by atoms with van der Waals surface area (Å²) < 4.78 is 31.1. The number of carboxylic acids is 1. The number of carboxylic acid groups (broad SMARTS) is 1. The van der Waals surface area contributed by atoms with Crippen molar-refractivity contribution in [3.8, 4) is 6.01 Å². The number of nitrogens with one attached hydrogen (secondary N) is 2. The topological polar surface area (TPSA) is 160 Å². The number of urea groups is 1. The van der Waals surface area contributed by atoms with Crippen LogP contribution in [0.1, 0.15) is 22.0 Å². The van der Waals surface area contributed by atoms with E-state index in [4.69, 9.17) is 9.84 Å². The molecule has 1 aromatic heterocycles. The number of methoxy groups -OCH3 is 1. The van der Waals surface area contributed by atoms with Gasteiger partial charge in [-0.15, -0.1) is 0 Å². The maximum Gasteiger partial charge on any atom is 0.337 e. The minimum Gasteiger partial charge on any atom is -0.478 e. The molecule has 0 atom stereocenters. The summed E-state index contributed by atoms with van der Waals surface area (Å²) in [5.74, 6) is -0.913. The fourth-order valence-electron chi connectivity index (χ4n) is 1.93. The molecule has 0 aliphatic heterocycles. The highest BCUT2D eigenvalue weighted by molar-refractivity contribution is 7.90. The van der Waals surface area contributed by atoms with Crippen molar-refractivity contribution in [2.75, 3.05) is 7.11 Å². The lowest BCUT2D eigenvalue weighted by molar-refractivity contribution is 0.0692. The summed E-state index contributed by atoms with van der Waals surface area (Å²) in [5.41, 5.74) is -0.453. The van der Waals surface area contributed by atoms with Crippen molar-refractivity contribution < 1.29 is 27.9 Å². The van der Waals surface area contributed by atoms with Crippen LogP contribution in [0.3, 0.4) is 0 Å². The molecule has 2 rings (SSSR count). The molecule has 0 bridgehead atoms. The third-order valence-electron chi connectivity index (χ3n) is 3.00. The van der Waals surface area contributed by atoms with Gasteiger partial charge in [-0.3, -0.25) is 0 Å². The van der Waals surface area contributed by atoms with Gasteiger partial charge in [0.25, 0.3) is 10.0 Å². The van der Waals surface area contributed by atoms with Crippen molar-refractivity contribution in [3.05, 3.63) is 41.5 Å². The summed E-state index contributed by atoms with van der Waals surface area (Å²) >= 11 is 0. The van der Waals surface area contributed by atoms with Gasteiger partial charge in [0.2, 0.25) is 0 Å². The van der Waals surface area contributed by atoms with E-state index in [0.29, 0.717) is 5.82 Å². The second kappa shape index (κ2) is 7.74. The van der Waals surface area contributed by atoms with Crippen molar-refractivity contribution in [2.24, 2.45) is 0 Å². The molecule has 0 saturated heterocycles. The molecule has 138 valence electrons. The Kier molecular flexibility index (Phi) is 5.67. The number of carbonyl (C=O) groups excluding carboxylic acids is 1. The van der Waals surface area contributed by atoms with Crippen molar-refractivity contribution >= 4 is 22.0 Å². The predicted molar refractivity (Wildman–Crippen MR) is 87.1 cm³/mol. The lowest BCUT2D eigenvalue weighted by atomic mass is 10.2. The highest BCUT2D eigenvalue weighted by atomic mass is 32.2. The van der Waals surface area contributed by atoms with Gasteiger partial charge in [0.05, 0.1) is 19.2 Å². The van der Waals surface area contributed by atoms with Gasteiger partial charge in [-0.25, -0.2) is 27.7 Å². The molecule has 26 heavy (non-hydrogen) atoms.